The number of carbonyl (C=O) groups excluding carboxylic acids is 2. The third-order valence-corrected chi connectivity index (χ3v) is 2.52. The van der Waals surface area contributed by atoms with E-state index in [1.165, 1.54) is 0 Å². The maximum Gasteiger partial charge on any atom is 0.341 e. The minimum Gasteiger partial charge on any atom is -0.479 e. The highest BCUT2D eigenvalue weighted by atomic mass is 16.6. The first kappa shape index (κ1) is 18.1. The average Bonchev–Trinajstić information content (AvgIpc) is 2.35. The molecule has 0 fully saturated rings. The van der Waals surface area contributed by atoms with E-state index in [0.717, 1.165) is 25.7 Å². The van der Waals surface area contributed by atoms with E-state index in [2.05, 4.69) is 18.2 Å². The summed E-state index contributed by atoms with van der Waals surface area (Å²) in [4.78, 5) is 33.0. The summed E-state index contributed by atoms with van der Waals surface area (Å²) in [5.41, 5.74) is -0.114. The smallest absolute Gasteiger partial charge is 0.341 e. The molecule has 1 N–H and O–H groups in total. The first-order chi connectivity index (χ1) is 9.36. The molecule has 0 aliphatic rings. The van der Waals surface area contributed by atoms with E-state index in [1.807, 2.05) is 0 Å². The van der Waals surface area contributed by atoms with E-state index in [0.29, 0.717) is 0 Å². The molecule has 0 aromatic rings. The summed E-state index contributed by atoms with van der Waals surface area (Å²) in [5.74, 6) is -2.73. The van der Waals surface area contributed by atoms with Crippen molar-refractivity contribution in [2.75, 3.05) is 6.61 Å². The average molecular weight is 286 g/mol. The molecule has 1 atom stereocenters. The molecule has 6 heteroatoms. The molecule has 0 saturated carbocycles. The second kappa shape index (κ2) is 10.00. The van der Waals surface area contributed by atoms with Gasteiger partial charge in [-0.05, 0) is 19.8 Å². The highest BCUT2D eigenvalue weighted by Crippen LogP contribution is 2.09. The van der Waals surface area contributed by atoms with E-state index in [1.54, 1.807) is 6.92 Å². The standard InChI is InChI=1S/C14H22O6/c1-4-5-6-7-11(3)20-13(17)8-10(2)14(18)19-9-12(15)16/h11H,2,4-9H2,1,3H3,(H,15,16). The van der Waals surface area contributed by atoms with Crippen molar-refractivity contribution in [3.05, 3.63) is 12.2 Å². The van der Waals surface area contributed by atoms with Crippen molar-refractivity contribution in [2.24, 2.45) is 0 Å². The van der Waals surface area contributed by atoms with Crippen LogP contribution in [-0.4, -0.2) is 35.7 Å². The second-order valence-corrected chi connectivity index (χ2v) is 4.55. The summed E-state index contributed by atoms with van der Waals surface area (Å²) in [6, 6.07) is 0. The predicted octanol–water partition coefficient (Wildman–Crippen LogP) is 2.07. The Morgan fingerprint density at radius 2 is 1.90 bits per heavy atom. The molecule has 0 spiro atoms. The highest BCUT2D eigenvalue weighted by Gasteiger charge is 2.17. The number of aliphatic carboxylic acids is 1. The van der Waals surface area contributed by atoms with Crippen LogP contribution in [-0.2, 0) is 23.9 Å². The van der Waals surface area contributed by atoms with Crippen LogP contribution in [0.15, 0.2) is 12.2 Å². The predicted molar refractivity (Wildman–Crippen MR) is 72.0 cm³/mol. The summed E-state index contributed by atoms with van der Waals surface area (Å²) in [6.45, 7) is 6.51. The van der Waals surface area contributed by atoms with Gasteiger partial charge in [-0.2, -0.15) is 0 Å². The van der Waals surface area contributed by atoms with Crippen molar-refractivity contribution < 1.29 is 29.0 Å². The Kier molecular flexibility index (Phi) is 9.07. The lowest BCUT2D eigenvalue weighted by Gasteiger charge is -2.13. The quantitative estimate of drug-likeness (QED) is 0.375. The SMILES string of the molecule is C=C(CC(=O)OC(C)CCCCC)C(=O)OCC(=O)O. The van der Waals surface area contributed by atoms with Crippen molar-refractivity contribution >= 4 is 17.9 Å². The Bertz CT molecular complexity index is 361. The summed E-state index contributed by atoms with van der Waals surface area (Å²) < 4.78 is 9.52. The zero-order valence-corrected chi connectivity index (χ0v) is 12.0. The van der Waals surface area contributed by atoms with Crippen molar-refractivity contribution in [3.8, 4) is 0 Å². The molecule has 0 aromatic carbocycles. The molecular weight excluding hydrogens is 264 g/mol. The number of carbonyl (C=O) groups is 3. The summed E-state index contributed by atoms with van der Waals surface area (Å²) in [6.07, 6.45) is 3.42. The fraction of sp³-hybridized carbons (Fsp3) is 0.643. The maximum absolute atomic E-state index is 11.5. The Morgan fingerprint density at radius 3 is 2.45 bits per heavy atom. The molecule has 114 valence electrons. The third-order valence-electron chi connectivity index (χ3n) is 2.52. The Morgan fingerprint density at radius 1 is 1.25 bits per heavy atom. The first-order valence-corrected chi connectivity index (χ1v) is 6.63. The van der Waals surface area contributed by atoms with Crippen molar-refractivity contribution in [3.63, 3.8) is 0 Å². The van der Waals surface area contributed by atoms with Crippen LogP contribution >= 0.6 is 0 Å². The van der Waals surface area contributed by atoms with Gasteiger partial charge in [0.25, 0.3) is 0 Å². The normalized spacial score (nSPS) is 11.5. The monoisotopic (exact) mass is 286 g/mol. The molecule has 6 nitrogen and oxygen atoms in total. The molecule has 0 radical (unpaired) electrons. The van der Waals surface area contributed by atoms with Gasteiger partial charge in [0.05, 0.1) is 12.5 Å². The molecule has 0 saturated heterocycles. The summed E-state index contributed by atoms with van der Waals surface area (Å²) in [7, 11) is 0. The largest absolute Gasteiger partial charge is 0.479 e. The maximum atomic E-state index is 11.5. The van der Waals surface area contributed by atoms with Crippen LogP contribution < -0.4 is 0 Å². The summed E-state index contributed by atoms with van der Waals surface area (Å²) in [5, 5.41) is 8.35. The lowest BCUT2D eigenvalue weighted by atomic mass is 10.1. The van der Waals surface area contributed by atoms with E-state index >= 15 is 0 Å². The van der Waals surface area contributed by atoms with Crippen LogP contribution in [0.4, 0.5) is 0 Å². The lowest BCUT2D eigenvalue weighted by molar-refractivity contribution is -0.154. The molecule has 0 aliphatic heterocycles. The van der Waals surface area contributed by atoms with E-state index in [-0.39, 0.29) is 18.1 Å². The van der Waals surface area contributed by atoms with Crippen molar-refractivity contribution in [1.82, 2.24) is 0 Å². The van der Waals surface area contributed by atoms with Gasteiger partial charge in [0, 0.05) is 5.57 Å². The van der Waals surface area contributed by atoms with Gasteiger partial charge >= 0.3 is 17.9 Å². The zero-order chi connectivity index (χ0) is 15.5. The fourth-order valence-corrected chi connectivity index (χ4v) is 1.48. The lowest BCUT2D eigenvalue weighted by Crippen LogP contribution is -2.19. The van der Waals surface area contributed by atoms with Gasteiger partial charge in [0.2, 0.25) is 0 Å². The van der Waals surface area contributed by atoms with Crippen molar-refractivity contribution in [1.29, 1.82) is 0 Å². The van der Waals surface area contributed by atoms with Crippen LogP contribution in [0.5, 0.6) is 0 Å². The van der Waals surface area contributed by atoms with Crippen LogP contribution in [0.25, 0.3) is 0 Å². The summed E-state index contributed by atoms with van der Waals surface area (Å²) >= 11 is 0. The number of rotatable bonds is 10. The van der Waals surface area contributed by atoms with Crippen molar-refractivity contribution in [2.45, 2.75) is 52.1 Å². The number of ether oxygens (including phenoxy) is 2. The fourth-order valence-electron chi connectivity index (χ4n) is 1.48. The highest BCUT2D eigenvalue weighted by molar-refractivity contribution is 5.94. The molecular formula is C14H22O6. The number of unbranched alkanes of at least 4 members (excludes halogenated alkanes) is 2. The Labute approximate surface area is 118 Å². The Balaban J connectivity index is 3.97. The molecule has 0 aromatic heterocycles. The molecule has 0 rings (SSSR count). The number of esters is 2. The van der Waals surface area contributed by atoms with Gasteiger partial charge in [-0.15, -0.1) is 0 Å². The molecule has 0 heterocycles. The van der Waals surface area contributed by atoms with Crippen LogP contribution in [0.2, 0.25) is 0 Å². The third kappa shape index (κ3) is 9.13. The second-order valence-electron chi connectivity index (χ2n) is 4.55. The number of hydrogen-bond acceptors (Lipinski definition) is 5. The number of hydrogen-bond donors (Lipinski definition) is 1. The minimum atomic E-state index is -1.27. The van der Waals surface area contributed by atoms with Gasteiger partial charge in [-0.1, -0.05) is 26.3 Å². The van der Waals surface area contributed by atoms with Gasteiger partial charge in [0.15, 0.2) is 6.61 Å². The van der Waals surface area contributed by atoms with Gasteiger partial charge < -0.3 is 14.6 Å². The molecule has 1 unspecified atom stereocenters. The van der Waals surface area contributed by atoms with Gasteiger partial charge in [0.1, 0.15) is 0 Å². The van der Waals surface area contributed by atoms with Crippen LogP contribution in [0.3, 0.4) is 0 Å². The topological polar surface area (TPSA) is 89.9 Å². The van der Waals surface area contributed by atoms with Crippen LogP contribution in [0, 0.1) is 0 Å². The number of carboxylic acids is 1. The van der Waals surface area contributed by atoms with Gasteiger partial charge in [-0.25, -0.2) is 9.59 Å². The van der Waals surface area contributed by atoms with Crippen LogP contribution in [0.1, 0.15) is 46.0 Å². The molecule has 0 aliphatic carbocycles. The zero-order valence-electron chi connectivity index (χ0n) is 12.0. The van der Waals surface area contributed by atoms with E-state index < -0.39 is 24.5 Å². The molecule has 0 bridgehead atoms. The Hall–Kier alpha value is -1.85. The van der Waals surface area contributed by atoms with Gasteiger partial charge in [-0.3, -0.25) is 4.79 Å². The molecule has 20 heavy (non-hydrogen) atoms. The number of carboxylic acid groups (broad SMARTS) is 1. The first-order valence-electron chi connectivity index (χ1n) is 6.63. The molecule has 0 amide bonds. The van der Waals surface area contributed by atoms with E-state index in [9.17, 15) is 14.4 Å². The van der Waals surface area contributed by atoms with E-state index in [4.69, 9.17) is 9.84 Å². The minimum absolute atomic E-state index is 0.114.